The van der Waals surface area contributed by atoms with Crippen molar-refractivity contribution in [1.29, 1.82) is 5.41 Å². The Bertz CT molecular complexity index is 410. The van der Waals surface area contributed by atoms with Crippen molar-refractivity contribution in [1.82, 2.24) is 15.0 Å². The summed E-state index contributed by atoms with van der Waals surface area (Å²) in [6, 6.07) is 1.51. The Hall–Kier alpha value is -1.60. The predicted octanol–water partition coefficient (Wildman–Crippen LogP) is -1.16. The van der Waals surface area contributed by atoms with Gasteiger partial charge in [-0.2, -0.15) is 0 Å². The maximum Gasteiger partial charge on any atom is 0.257 e. The molecule has 1 aromatic rings. The second-order valence-corrected chi connectivity index (χ2v) is 3.30. The van der Waals surface area contributed by atoms with E-state index in [1.807, 2.05) is 0 Å². The highest BCUT2D eigenvalue weighted by Crippen LogP contribution is 2.16. The van der Waals surface area contributed by atoms with Gasteiger partial charge in [-0.3, -0.25) is 5.41 Å². The standard InChI is InChI=1S/C8H13N5O2/c9-7-3-5(12-8(10)13(7)14)6-4-11-1-2-15-6/h3,6,10-11,14H,1-2,4,9H2. The summed E-state index contributed by atoms with van der Waals surface area (Å²) in [6.45, 7) is 2.06. The van der Waals surface area contributed by atoms with Crippen LogP contribution in [-0.2, 0) is 4.74 Å². The van der Waals surface area contributed by atoms with Crippen LogP contribution in [0.3, 0.4) is 0 Å². The van der Waals surface area contributed by atoms with E-state index in [1.54, 1.807) is 0 Å². The largest absolute Gasteiger partial charge is 0.423 e. The smallest absolute Gasteiger partial charge is 0.257 e. The molecule has 1 atom stereocenters. The van der Waals surface area contributed by atoms with Crippen molar-refractivity contribution in [2.45, 2.75) is 6.10 Å². The van der Waals surface area contributed by atoms with Gasteiger partial charge in [-0.1, -0.05) is 0 Å². The first kappa shape index (κ1) is 9.94. The molecule has 2 rings (SSSR count). The number of aromatic nitrogens is 2. The average molecular weight is 211 g/mol. The number of morpholine rings is 1. The Kier molecular flexibility index (Phi) is 2.57. The summed E-state index contributed by atoms with van der Waals surface area (Å²) in [5.41, 5.74) is 5.78. The van der Waals surface area contributed by atoms with E-state index < -0.39 is 0 Å². The predicted molar refractivity (Wildman–Crippen MR) is 51.2 cm³/mol. The number of ether oxygens (including phenoxy) is 1. The number of hydrogen-bond acceptors (Lipinski definition) is 6. The minimum absolute atomic E-state index is 0.0826. The highest BCUT2D eigenvalue weighted by atomic mass is 16.5. The Morgan fingerprint density at radius 2 is 2.53 bits per heavy atom. The van der Waals surface area contributed by atoms with Crippen LogP contribution in [0.25, 0.3) is 0 Å². The lowest BCUT2D eigenvalue weighted by atomic mass is 10.2. The summed E-state index contributed by atoms with van der Waals surface area (Å²) >= 11 is 0. The number of rotatable bonds is 1. The molecule has 0 aromatic carbocycles. The highest BCUT2D eigenvalue weighted by Gasteiger charge is 2.18. The fraction of sp³-hybridized carbons (Fsp3) is 0.500. The van der Waals surface area contributed by atoms with Crippen LogP contribution in [0.2, 0.25) is 0 Å². The maximum atomic E-state index is 9.21. The molecule has 1 unspecified atom stereocenters. The lowest BCUT2D eigenvalue weighted by molar-refractivity contribution is 0.0241. The molecule has 0 radical (unpaired) electrons. The van der Waals surface area contributed by atoms with Gasteiger partial charge in [-0.25, -0.2) is 4.98 Å². The number of nitrogens with two attached hydrogens (primary N) is 1. The molecular weight excluding hydrogens is 198 g/mol. The normalized spacial score (nSPS) is 21.5. The third-order valence-electron chi connectivity index (χ3n) is 2.23. The van der Waals surface area contributed by atoms with Crippen molar-refractivity contribution in [2.75, 3.05) is 25.4 Å². The van der Waals surface area contributed by atoms with E-state index in [0.29, 0.717) is 23.6 Å². The van der Waals surface area contributed by atoms with Crippen LogP contribution in [-0.4, -0.2) is 34.6 Å². The Labute approximate surface area is 86.0 Å². The minimum Gasteiger partial charge on any atom is -0.423 e. The summed E-state index contributed by atoms with van der Waals surface area (Å²) in [5.74, 6) is 0.0826. The topological polar surface area (TPSA) is 109 Å². The number of nitrogens with one attached hydrogen (secondary N) is 2. The summed E-state index contributed by atoms with van der Waals surface area (Å²) in [5, 5.41) is 19.7. The van der Waals surface area contributed by atoms with Crippen LogP contribution >= 0.6 is 0 Å². The molecule has 0 aliphatic carbocycles. The molecule has 1 aromatic heterocycles. The molecule has 0 saturated carbocycles. The van der Waals surface area contributed by atoms with Crippen LogP contribution in [0.15, 0.2) is 6.07 Å². The Balaban J connectivity index is 2.32. The van der Waals surface area contributed by atoms with Gasteiger partial charge in [0.05, 0.1) is 12.3 Å². The second kappa shape index (κ2) is 3.87. The zero-order valence-corrected chi connectivity index (χ0v) is 8.10. The summed E-state index contributed by atoms with van der Waals surface area (Å²) in [6.07, 6.45) is -0.202. The minimum atomic E-state index is -0.292. The molecule has 5 N–H and O–H groups in total. The van der Waals surface area contributed by atoms with Crippen molar-refractivity contribution in [3.05, 3.63) is 17.4 Å². The van der Waals surface area contributed by atoms with Gasteiger partial charge in [0.1, 0.15) is 11.9 Å². The van der Waals surface area contributed by atoms with Crippen molar-refractivity contribution in [3.8, 4) is 0 Å². The monoisotopic (exact) mass is 211 g/mol. The van der Waals surface area contributed by atoms with Gasteiger partial charge in [0.25, 0.3) is 5.62 Å². The third-order valence-corrected chi connectivity index (χ3v) is 2.23. The zero-order chi connectivity index (χ0) is 10.8. The highest BCUT2D eigenvalue weighted by molar-refractivity contribution is 5.30. The van der Waals surface area contributed by atoms with Gasteiger partial charge in [0.15, 0.2) is 0 Å². The molecule has 2 heterocycles. The summed E-state index contributed by atoms with van der Waals surface area (Å²) in [7, 11) is 0. The van der Waals surface area contributed by atoms with Gasteiger partial charge in [0.2, 0.25) is 0 Å². The molecule has 1 saturated heterocycles. The van der Waals surface area contributed by atoms with Crippen molar-refractivity contribution >= 4 is 5.82 Å². The van der Waals surface area contributed by atoms with Gasteiger partial charge < -0.3 is 21.0 Å². The lowest BCUT2D eigenvalue weighted by Crippen LogP contribution is -2.35. The molecule has 0 spiro atoms. The van der Waals surface area contributed by atoms with Crippen LogP contribution in [0.4, 0.5) is 5.82 Å². The quantitative estimate of drug-likeness (QED) is 0.438. The fourth-order valence-corrected chi connectivity index (χ4v) is 1.46. The van der Waals surface area contributed by atoms with Crippen molar-refractivity contribution < 1.29 is 9.94 Å². The number of hydrogen-bond donors (Lipinski definition) is 4. The van der Waals surface area contributed by atoms with Crippen LogP contribution < -0.4 is 16.7 Å². The van der Waals surface area contributed by atoms with Crippen molar-refractivity contribution in [3.63, 3.8) is 0 Å². The Morgan fingerprint density at radius 1 is 1.73 bits per heavy atom. The molecule has 1 aliphatic rings. The number of anilines is 1. The van der Waals surface area contributed by atoms with Gasteiger partial charge in [0, 0.05) is 19.2 Å². The SMILES string of the molecule is N=c1nc(C2CNCCO2)cc(N)n1O. The molecule has 1 aliphatic heterocycles. The van der Waals surface area contributed by atoms with E-state index in [9.17, 15) is 5.21 Å². The first-order chi connectivity index (χ1) is 7.18. The summed E-state index contributed by atoms with van der Waals surface area (Å²) < 4.78 is 5.99. The lowest BCUT2D eigenvalue weighted by Gasteiger charge is -2.23. The van der Waals surface area contributed by atoms with E-state index in [4.69, 9.17) is 15.9 Å². The first-order valence-corrected chi connectivity index (χ1v) is 4.64. The van der Waals surface area contributed by atoms with Crippen LogP contribution in [0.1, 0.15) is 11.8 Å². The van der Waals surface area contributed by atoms with E-state index in [2.05, 4.69) is 10.3 Å². The summed E-state index contributed by atoms with van der Waals surface area (Å²) in [4.78, 5) is 3.89. The molecule has 0 amide bonds. The van der Waals surface area contributed by atoms with E-state index in [-0.39, 0.29) is 17.5 Å². The first-order valence-electron chi connectivity index (χ1n) is 4.64. The third kappa shape index (κ3) is 1.92. The molecule has 82 valence electrons. The van der Waals surface area contributed by atoms with E-state index in [0.717, 1.165) is 6.54 Å². The molecule has 1 fully saturated rings. The Morgan fingerprint density at radius 3 is 3.13 bits per heavy atom. The average Bonchev–Trinajstić information content (AvgIpc) is 2.26. The molecular formula is C8H13N5O2. The van der Waals surface area contributed by atoms with E-state index in [1.165, 1.54) is 6.07 Å². The van der Waals surface area contributed by atoms with E-state index >= 15 is 0 Å². The number of nitrogens with zero attached hydrogens (tertiary/aromatic N) is 2. The van der Waals surface area contributed by atoms with Gasteiger partial charge >= 0.3 is 0 Å². The van der Waals surface area contributed by atoms with Gasteiger partial charge in [-0.05, 0) is 0 Å². The van der Waals surface area contributed by atoms with Crippen LogP contribution in [0.5, 0.6) is 0 Å². The van der Waals surface area contributed by atoms with Gasteiger partial charge in [-0.15, -0.1) is 4.73 Å². The molecule has 0 bridgehead atoms. The fourth-order valence-electron chi connectivity index (χ4n) is 1.46. The zero-order valence-electron chi connectivity index (χ0n) is 8.10. The van der Waals surface area contributed by atoms with Crippen LogP contribution in [0, 0.1) is 5.41 Å². The molecule has 7 nitrogen and oxygen atoms in total. The maximum absolute atomic E-state index is 9.21. The van der Waals surface area contributed by atoms with Crippen molar-refractivity contribution in [2.24, 2.45) is 0 Å². The second-order valence-electron chi connectivity index (χ2n) is 3.30. The number of nitrogen functional groups attached to an aromatic ring is 1. The molecule has 7 heteroatoms. The molecule has 15 heavy (non-hydrogen) atoms.